The molecule has 6 fully saturated rings. The van der Waals surface area contributed by atoms with Crippen molar-refractivity contribution in [2.24, 2.45) is 11.8 Å². The zero-order valence-corrected chi connectivity index (χ0v) is 73.8. The van der Waals surface area contributed by atoms with Gasteiger partial charge < -0.3 is 70.2 Å². The predicted molar refractivity (Wildman–Crippen MR) is 455 cm³/mol. The van der Waals surface area contributed by atoms with Crippen molar-refractivity contribution in [2.45, 2.75) is 276 Å². The lowest BCUT2D eigenvalue weighted by Gasteiger charge is -2.29. The van der Waals surface area contributed by atoms with Crippen molar-refractivity contribution < 1.29 is 103 Å². The van der Waals surface area contributed by atoms with Crippen LogP contribution in [0.4, 0.5) is 30.6 Å². The second kappa shape index (κ2) is 43.9. The van der Waals surface area contributed by atoms with Crippen LogP contribution in [0.15, 0.2) is 120 Å². The molecule has 2 aromatic heterocycles. The van der Waals surface area contributed by atoms with E-state index in [4.69, 9.17) is 56.4 Å². The molecule has 2 aromatic carbocycles. The molecule has 4 aliphatic carbocycles. The van der Waals surface area contributed by atoms with Crippen LogP contribution in [-0.4, -0.2) is 206 Å². The van der Waals surface area contributed by atoms with Gasteiger partial charge in [0.25, 0.3) is 31.9 Å². The van der Waals surface area contributed by atoms with E-state index in [2.05, 4.69) is 64.5 Å². The Bertz CT molecular complexity index is 4610. The lowest BCUT2D eigenvalue weighted by molar-refractivity contribution is -0.143. The van der Waals surface area contributed by atoms with E-state index in [9.17, 15) is 69.9 Å². The monoisotopic (exact) mass is 1790 g/mol. The Morgan fingerprint density at radius 3 is 1.27 bits per heavy atom. The number of rotatable bonds is 40. The van der Waals surface area contributed by atoms with Crippen molar-refractivity contribution in [3.8, 4) is 11.8 Å². The van der Waals surface area contributed by atoms with Gasteiger partial charge in [0.1, 0.15) is 80.7 Å². The van der Waals surface area contributed by atoms with Crippen LogP contribution in [0.3, 0.4) is 0 Å². The Morgan fingerprint density at radius 2 is 0.911 bits per heavy atom. The summed E-state index contributed by atoms with van der Waals surface area (Å²) in [7, 11) is -7.62. The molecule has 6 aliphatic rings. The van der Waals surface area contributed by atoms with E-state index in [1.165, 1.54) is 59.7 Å². The Morgan fingerprint density at radius 1 is 0.537 bits per heavy atom. The molecule has 34 nitrogen and oxygen atoms in total. The van der Waals surface area contributed by atoms with Gasteiger partial charge >= 0.3 is 36.3 Å². The molecule has 4 aromatic rings. The van der Waals surface area contributed by atoms with Crippen LogP contribution in [-0.2, 0) is 72.5 Å². The molecule has 9 N–H and O–H groups in total. The maximum atomic E-state index is 14.0. The lowest BCUT2D eigenvalue weighted by atomic mass is 10.1. The third kappa shape index (κ3) is 28.4. The molecular weight excluding hydrogens is 1680 g/mol. The fourth-order valence-corrected chi connectivity index (χ4v) is 17.9. The SMILES string of the molecule is C=C[C@@H]1C[C@]1(NC(=O)[C@@H]1C[C@@H](Oc2ccc(Cl)cn2)CN1C(=O)OC(C)(C)C)C(=O)NS(=O)(=O)c1ccccc1NCCCCCCC[C@H](NC(=O)OC1CCCC1)C(=O)O.C=C[C@@H]1C[C@]1(NC(=O)[C@@H]1C[C@@H](Oc2ccc(Cl)cn2)CN1C(=O)OC(C)(C)C)C(=O)NS(=O)(=O)c1ccccc1NCCCCCCC[C@H](NC(=O)OC1CCCC1)C(=O)OC. The first-order valence-electron chi connectivity index (χ1n) is 41.8. The van der Waals surface area contributed by atoms with Crippen molar-refractivity contribution in [1.82, 2.24) is 50.5 Å². The van der Waals surface area contributed by atoms with Gasteiger partial charge in [0.15, 0.2) is 0 Å². The highest BCUT2D eigenvalue weighted by molar-refractivity contribution is 7.90. The highest BCUT2D eigenvalue weighted by atomic mass is 35.5. The zero-order chi connectivity index (χ0) is 89.5. The first kappa shape index (κ1) is 96.6. The van der Waals surface area contributed by atoms with Gasteiger partial charge in [0.05, 0.1) is 41.6 Å². The quantitative estimate of drug-likeness (QED) is 0.00864. The van der Waals surface area contributed by atoms with Crippen LogP contribution in [0.2, 0.25) is 10.0 Å². The number of unbranched alkanes of at least 4 members (excludes halogenated alkanes) is 8. The molecule has 0 bridgehead atoms. The van der Waals surface area contributed by atoms with E-state index in [0.717, 1.165) is 89.9 Å². The summed E-state index contributed by atoms with van der Waals surface area (Å²) < 4.78 is 98.2. The Labute approximate surface area is 728 Å². The van der Waals surface area contributed by atoms with E-state index in [0.29, 0.717) is 60.9 Å². The summed E-state index contributed by atoms with van der Waals surface area (Å²) in [5, 5.41) is 27.3. The van der Waals surface area contributed by atoms with Gasteiger partial charge in [-0.2, -0.15) is 0 Å². The van der Waals surface area contributed by atoms with Crippen molar-refractivity contribution >= 4 is 115 Å². The van der Waals surface area contributed by atoms with Gasteiger partial charge in [0, 0.05) is 62.3 Å². The second-order valence-electron chi connectivity index (χ2n) is 33.6. The molecule has 0 unspecified atom stereocenters. The first-order chi connectivity index (χ1) is 58.3. The maximum absolute atomic E-state index is 14.0. The molecule has 10 atom stereocenters. The average Bonchev–Trinajstić information content (AvgIpc) is 1.58. The fraction of sp³-hybridized carbons (Fsp3) is 0.576. The second-order valence-corrected chi connectivity index (χ2v) is 37.8. The number of aliphatic carboxylic acids is 1. The van der Waals surface area contributed by atoms with Crippen molar-refractivity contribution in [1.29, 1.82) is 0 Å². The summed E-state index contributed by atoms with van der Waals surface area (Å²) in [4.78, 5) is 141. The number of nitrogens with zero attached hydrogens (tertiary/aromatic N) is 4. The molecule has 0 spiro atoms. The smallest absolute Gasteiger partial charge is 0.411 e. The number of ether oxygens (including phenoxy) is 7. The molecule has 674 valence electrons. The van der Waals surface area contributed by atoms with Crippen LogP contribution in [0.1, 0.15) is 196 Å². The average molecular weight is 1790 g/mol. The molecule has 123 heavy (non-hydrogen) atoms. The molecular formula is C85H116Cl2N12O22S2. The van der Waals surface area contributed by atoms with E-state index < -0.39 is 150 Å². The number of hydrogen-bond donors (Lipinski definition) is 9. The molecule has 2 saturated heterocycles. The molecule has 10 rings (SSSR count). The number of alkyl carbamates (subject to hydrolysis) is 2. The highest BCUT2D eigenvalue weighted by Crippen LogP contribution is 2.47. The van der Waals surface area contributed by atoms with E-state index in [-0.39, 0.29) is 84.6 Å². The minimum atomic E-state index is -4.45. The van der Waals surface area contributed by atoms with Crippen LogP contribution in [0.5, 0.6) is 11.8 Å². The highest BCUT2D eigenvalue weighted by Gasteiger charge is 2.63. The third-order valence-electron chi connectivity index (χ3n) is 21.8. The van der Waals surface area contributed by atoms with Gasteiger partial charge in [-0.3, -0.25) is 29.0 Å². The molecule has 8 amide bonds. The topological polar surface area (TPSA) is 452 Å². The number of likely N-dealkylation sites (tertiary alicyclic amines) is 2. The summed E-state index contributed by atoms with van der Waals surface area (Å²) in [6.45, 7) is 18.5. The van der Waals surface area contributed by atoms with E-state index in [1.807, 2.05) is 0 Å². The number of halogens is 2. The number of carboxylic acids is 1. The number of nitrogens with one attached hydrogen (secondary N) is 8. The first-order valence-corrected chi connectivity index (χ1v) is 45.6. The Balaban J connectivity index is 0.000000279. The Hall–Kier alpha value is -10.2. The molecule has 4 heterocycles. The largest absolute Gasteiger partial charge is 0.480 e. The molecule has 2 aliphatic heterocycles. The predicted octanol–water partition coefficient (Wildman–Crippen LogP) is 12.0. The number of aromatic nitrogens is 2. The summed E-state index contributed by atoms with van der Waals surface area (Å²) in [6, 6.07) is 14.6. The zero-order valence-electron chi connectivity index (χ0n) is 70.6. The Kier molecular flexibility index (Phi) is 34.5. The maximum Gasteiger partial charge on any atom is 0.411 e. The van der Waals surface area contributed by atoms with E-state index >= 15 is 0 Å². The number of carbonyl (C=O) groups excluding carboxylic acids is 9. The number of amides is 8. The molecule has 4 saturated carbocycles. The summed E-state index contributed by atoms with van der Waals surface area (Å²) >= 11 is 11.9. The van der Waals surface area contributed by atoms with Crippen LogP contribution in [0.25, 0.3) is 0 Å². The van der Waals surface area contributed by atoms with Crippen LogP contribution < -0.4 is 50.8 Å². The van der Waals surface area contributed by atoms with Crippen molar-refractivity contribution in [3.63, 3.8) is 0 Å². The molecule has 38 heteroatoms. The lowest BCUT2D eigenvalue weighted by Crippen LogP contribution is -2.56. The number of carbonyl (C=O) groups is 10. The standard InChI is InChI=1S/C43H59ClN6O11S.C42H57ClN6O11S/c1-6-28-25-43(28,48-37(51)34-24-31(59-36-22-21-29(44)26-46-36)27-50(34)41(55)61-42(2,3)4)39(53)49-62(56,57)35-20-14-13-18-32(35)45-23-15-9-7-8-10-19-33(38(52)58-5)47-40(54)60-30-16-11-12-17-30;1-5-27-24-42(27,47-36(50)33-23-30(58-35-21-20-28(43)25-45-35)26-49(33)40(55)60-41(2,3)4)38(53)48-61(56,57)34-19-13-12-17-31(34)44-22-14-8-6-7-9-18-32(37(51)52)46-39(54)59-29-15-10-11-16-29/h6,13-14,18,20-22,26,28,30-31,33-34,45H,1,7-12,15-17,19,23-25,27H2,2-5H3,(H,47,54)(H,48,51)(H,49,53);5,12-13,17,19-21,25,27,29-30,32-33,44H,1,6-11,14-16,18,22-24,26H2,2-4H3,(H,46,54)(H,47,50)(H,48,53)(H,51,52)/t28-,31-,33+,34+,43-;27-,30-,32+,33+,42-/m11/s1. The van der Waals surface area contributed by atoms with Gasteiger partial charge in [-0.25, -0.2) is 65.0 Å². The number of para-hydroxylation sites is 2. The number of sulfonamides is 2. The van der Waals surface area contributed by atoms with Crippen LogP contribution >= 0.6 is 23.2 Å². The van der Waals surface area contributed by atoms with Crippen molar-refractivity contribution in [2.75, 3.05) is 43.9 Å². The number of benzene rings is 2. The number of anilines is 2. The van der Waals surface area contributed by atoms with E-state index in [1.54, 1.807) is 96.1 Å². The number of carboxylic acid groups (broad SMARTS) is 1. The summed E-state index contributed by atoms with van der Waals surface area (Å²) in [6.07, 6.45) is 16.8. The van der Waals surface area contributed by atoms with Gasteiger partial charge in [-0.15, -0.1) is 13.2 Å². The summed E-state index contributed by atoms with van der Waals surface area (Å²) in [5.74, 6) is -5.63. The number of hydrogen-bond acceptors (Lipinski definition) is 25. The normalized spacial score (nSPS) is 21.7. The van der Waals surface area contributed by atoms with Gasteiger partial charge in [0.2, 0.25) is 23.6 Å². The van der Waals surface area contributed by atoms with Gasteiger partial charge in [-0.05, 0) is 168 Å². The third-order valence-corrected chi connectivity index (χ3v) is 25.0. The van der Waals surface area contributed by atoms with Crippen LogP contribution in [0, 0.1) is 11.8 Å². The van der Waals surface area contributed by atoms with Gasteiger partial charge in [-0.1, -0.05) is 111 Å². The number of methoxy groups -OCH3 is 1. The summed E-state index contributed by atoms with van der Waals surface area (Å²) in [5.41, 5.74) is -4.47. The fourth-order valence-electron chi connectivity index (χ4n) is 15.2. The molecule has 0 radical (unpaired) electrons. The minimum absolute atomic E-state index is 0.0195. The number of pyridine rings is 2. The van der Waals surface area contributed by atoms with Crippen molar-refractivity contribution in [3.05, 3.63) is 121 Å². The minimum Gasteiger partial charge on any atom is -0.480 e. The number of esters is 1.